The van der Waals surface area contributed by atoms with Crippen LogP contribution in [0.3, 0.4) is 0 Å². The van der Waals surface area contributed by atoms with Crippen LogP contribution >= 0.6 is 11.6 Å². The molecular formula is C14H14ClNO3. The number of alkyl halides is 1. The molecule has 0 heterocycles. The second-order valence-corrected chi connectivity index (χ2v) is 4.21. The Morgan fingerprint density at radius 3 is 2.74 bits per heavy atom. The van der Waals surface area contributed by atoms with Crippen LogP contribution in [0, 0.1) is 11.3 Å². The minimum absolute atomic E-state index is 0.0898. The number of nitrogens with zero attached hydrogens (tertiary/aromatic N) is 1. The van der Waals surface area contributed by atoms with E-state index >= 15 is 0 Å². The van der Waals surface area contributed by atoms with E-state index in [0.29, 0.717) is 17.7 Å². The summed E-state index contributed by atoms with van der Waals surface area (Å²) in [4.78, 5) is 23.1. The van der Waals surface area contributed by atoms with Gasteiger partial charge in [-0.25, -0.2) is 0 Å². The zero-order chi connectivity index (χ0) is 14.3. The minimum Gasteiger partial charge on any atom is -0.466 e. The Balaban J connectivity index is 2.93. The standard InChI is InChI=1S/C14H14ClNO3/c1-2-19-14(18)8-10-3-4-12(11(7-10)9-16)13(17)5-6-15/h3-4,7H,2,5-6,8H2,1H3. The van der Waals surface area contributed by atoms with Crippen molar-refractivity contribution in [3.05, 3.63) is 34.9 Å². The van der Waals surface area contributed by atoms with E-state index in [4.69, 9.17) is 21.6 Å². The van der Waals surface area contributed by atoms with Crippen LogP contribution in [0.2, 0.25) is 0 Å². The van der Waals surface area contributed by atoms with E-state index in [2.05, 4.69) is 0 Å². The van der Waals surface area contributed by atoms with E-state index in [0.717, 1.165) is 0 Å². The van der Waals surface area contributed by atoms with Gasteiger partial charge in [-0.2, -0.15) is 5.26 Å². The maximum atomic E-state index is 11.7. The highest BCUT2D eigenvalue weighted by atomic mass is 35.5. The third-order valence-corrected chi connectivity index (χ3v) is 2.67. The maximum Gasteiger partial charge on any atom is 0.310 e. The summed E-state index contributed by atoms with van der Waals surface area (Å²) in [5.41, 5.74) is 1.25. The number of halogens is 1. The number of hydrogen-bond donors (Lipinski definition) is 0. The van der Waals surface area contributed by atoms with Gasteiger partial charge in [0.25, 0.3) is 0 Å². The summed E-state index contributed by atoms with van der Waals surface area (Å²) in [5.74, 6) is -0.311. The van der Waals surface area contributed by atoms with Crippen LogP contribution in [0.15, 0.2) is 18.2 Å². The van der Waals surface area contributed by atoms with E-state index in [1.165, 1.54) is 0 Å². The molecule has 100 valence electrons. The third-order valence-electron chi connectivity index (χ3n) is 2.48. The first-order chi connectivity index (χ1) is 9.12. The fraction of sp³-hybridized carbons (Fsp3) is 0.357. The van der Waals surface area contributed by atoms with Crippen LogP contribution in [-0.2, 0) is 16.0 Å². The minimum atomic E-state index is -0.355. The van der Waals surface area contributed by atoms with E-state index in [1.807, 2.05) is 6.07 Å². The third kappa shape index (κ3) is 4.38. The van der Waals surface area contributed by atoms with Crippen LogP contribution in [0.25, 0.3) is 0 Å². The second-order valence-electron chi connectivity index (χ2n) is 3.84. The van der Waals surface area contributed by atoms with Gasteiger partial charge < -0.3 is 4.74 Å². The van der Waals surface area contributed by atoms with Crippen molar-refractivity contribution < 1.29 is 14.3 Å². The molecule has 0 fully saturated rings. The van der Waals surface area contributed by atoms with Crippen molar-refractivity contribution in [2.75, 3.05) is 12.5 Å². The number of ether oxygens (including phenoxy) is 1. The number of Topliss-reactive ketones (excluding diaryl/α,β-unsaturated/α-hetero) is 1. The average Bonchev–Trinajstić information content (AvgIpc) is 2.39. The van der Waals surface area contributed by atoms with Gasteiger partial charge in [0, 0.05) is 17.9 Å². The molecule has 1 aromatic carbocycles. The number of esters is 1. The van der Waals surface area contributed by atoms with Crippen molar-refractivity contribution in [1.29, 1.82) is 5.26 Å². The number of nitriles is 1. The topological polar surface area (TPSA) is 67.2 Å². The smallest absolute Gasteiger partial charge is 0.310 e. The molecule has 0 aliphatic rings. The highest BCUT2D eigenvalue weighted by Gasteiger charge is 2.13. The van der Waals surface area contributed by atoms with Gasteiger partial charge in [0.2, 0.25) is 0 Å². The fourth-order valence-electron chi connectivity index (χ4n) is 1.64. The Morgan fingerprint density at radius 2 is 2.16 bits per heavy atom. The Hall–Kier alpha value is -1.86. The summed E-state index contributed by atoms with van der Waals surface area (Å²) >= 11 is 5.51. The number of benzene rings is 1. The number of carbonyl (C=O) groups excluding carboxylic acids is 2. The number of rotatable bonds is 6. The zero-order valence-electron chi connectivity index (χ0n) is 10.6. The largest absolute Gasteiger partial charge is 0.466 e. The molecule has 1 aromatic rings. The van der Waals surface area contributed by atoms with Gasteiger partial charge in [-0.15, -0.1) is 11.6 Å². The molecule has 4 nitrogen and oxygen atoms in total. The van der Waals surface area contributed by atoms with E-state index < -0.39 is 0 Å². The molecule has 1 rings (SSSR count). The summed E-state index contributed by atoms with van der Waals surface area (Å²) in [5, 5.41) is 9.05. The molecule has 0 aromatic heterocycles. The predicted octanol–water partition coefficient (Wildman–Crippen LogP) is 2.48. The van der Waals surface area contributed by atoms with Crippen LogP contribution in [-0.4, -0.2) is 24.2 Å². The van der Waals surface area contributed by atoms with E-state index in [-0.39, 0.29) is 36.0 Å². The zero-order valence-corrected chi connectivity index (χ0v) is 11.4. The quantitative estimate of drug-likeness (QED) is 0.456. The van der Waals surface area contributed by atoms with Crippen LogP contribution in [0.1, 0.15) is 34.8 Å². The predicted molar refractivity (Wildman–Crippen MR) is 71.2 cm³/mol. The van der Waals surface area contributed by atoms with E-state index in [9.17, 15) is 9.59 Å². The lowest BCUT2D eigenvalue weighted by atomic mass is 9.99. The molecule has 0 spiro atoms. The summed E-state index contributed by atoms with van der Waals surface area (Å²) in [7, 11) is 0. The maximum absolute atomic E-state index is 11.7. The molecular weight excluding hydrogens is 266 g/mol. The Morgan fingerprint density at radius 1 is 1.42 bits per heavy atom. The second kappa shape index (κ2) is 7.55. The van der Waals surface area contributed by atoms with Crippen molar-refractivity contribution >= 4 is 23.4 Å². The van der Waals surface area contributed by atoms with Crippen LogP contribution in [0.5, 0.6) is 0 Å². The van der Waals surface area contributed by atoms with Gasteiger partial charge >= 0.3 is 5.97 Å². The molecule has 0 unspecified atom stereocenters. The SMILES string of the molecule is CCOC(=O)Cc1ccc(C(=O)CCCl)c(C#N)c1. The van der Waals surface area contributed by atoms with Crippen molar-refractivity contribution in [3.8, 4) is 6.07 Å². The molecule has 0 saturated carbocycles. The Kier molecular flexibility index (Phi) is 6.04. The van der Waals surface area contributed by atoms with Gasteiger partial charge in [0.1, 0.15) is 0 Å². The molecule has 19 heavy (non-hydrogen) atoms. The number of ketones is 1. The molecule has 0 radical (unpaired) electrons. The van der Waals surface area contributed by atoms with Gasteiger partial charge in [-0.05, 0) is 24.6 Å². The Bertz CT molecular complexity index is 520. The molecule has 5 heteroatoms. The average molecular weight is 280 g/mol. The molecule has 0 bridgehead atoms. The molecule has 0 N–H and O–H groups in total. The molecule has 0 amide bonds. The first kappa shape index (κ1) is 15.2. The van der Waals surface area contributed by atoms with Crippen LogP contribution in [0.4, 0.5) is 0 Å². The summed E-state index contributed by atoms with van der Waals surface area (Å²) < 4.78 is 4.83. The van der Waals surface area contributed by atoms with E-state index in [1.54, 1.807) is 25.1 Å². The Labute approximate surface area is 116 Å². The van der Waals surface area contributed by atoms with Gasteiger partial charge in [0.05, 0.1) is 24.7 Å². The molecule has 0 saturated heterocycles. The summed E-state index contributed by atoms with van der Waals surface area (Å²) in [6, 6.07) is 6.71. The lowest BCUT2D eigenvalue weighted by Crippen LogP contribution is -2.09. The first-order valence-electron chi connectivity index (χ1n) is 5.90. The van der Waals surface area contributed by atoms with Crippen molar-refractivity contribution in [2.45, 2.75) is 19.8 Å². The highest BCUT2D eigenvalue weighted by Crippen LogP contribution is 2.14. The van der Waals surface area contributed by atoms with Crippen molar-refractivity contribution in [1.82, 2.24) is 0 Å². The first-order valence-corrected chi connectivity index (χ1v) is 6.43. The molecule has 0 atom stereocenters. The summed E-state index contributed by atoms with van der Waals surface area (Å²) in [6.07, 6.45) is 0.278. The lowest BCUT2D eigenvalue weighted by molar-refractivity contribution is -0.142. The van der Waals surface area contributed by atoms with Crippen molar-refractivity contribution in [2.24, 2.45) is 0 Å². The van der Waals surface area contributed by atoms with Crippen LogP contribution < -0.4 is 0 Å². The lowest BCUT2D eigenvalue weighted by Gasteiger charge is -2.06. The molecule has 0 aliphatic carbocycles. The summed E-state index contributed by atoms with van der Waals surface area (Å²) in [6.45, 7) is 2.04. The van der Waals surface area contributed by atoms with Gasteiger partial charge in [-0.1, -0.05) is 6.07 Å². The highest BCUT2D eigenvalue weighted by molar-refractivity contribution is 6.19. The molecule has 0 aliphatic heterocycles. The monoisotopic (exact) mass is 279 g/mol. The van der Waals surface area contributed by atoms with Gasteiger partial charge in [0.15, 0.2) is 5.78 Å². The normalized spacial score (nSPS) is 9.74. The number of carbonyl (C=O) groups is 2. The fourth-order valence-corrected chi connectivity index (χ4v) is 1.81. The number of hydrogen-bond acceptors (Lipinski definition) is 4. The van der Waals surface area contributed by atoms with Crippen molar-refractivity contribution in [3.63, 3.8) is 0 Å². The van der Waals surface area contributed by atoms with Gasteiger partial charge in [-0.3, -0.25) is 9.59 Å².